The minimum absolute atomic E-state index is 0.148. The van der Waals surface area contributed by atoms with Crippen LogP contribution in [0.4, 0.5) is 0 Å². The Hall–Kier alpha value is -1.64. The lowest BCUT2D eigenvalue weighted by molar-refractivity contribution is -0.142. The molecule has 0 aliphatic rings. The van der Waals surface area contributed by atoms with E-state index in [4.69, 9.17) is 4.74 Å². The molecule has 3 heteroatoms. The molecule has 1 aromatic rings. The van der Waals surface area contributed by atoms with E-state index >= 15 is 0 Å². The maximum absolute atomic E-state index is 12.6. The van der Waals surface area contributed by atoms with Gasteiger partial charge in [0.1, 0.15) is 0 Å². The van der Waals surface area contributed by atoms with Gasteiger partial charge in [0.15, 0.2) is 5.78 Å². The average molecular weight is 431 g/mol. The predicted octanol–water partition coefficient (Wildman–Crippen LogP) is 8.24. The Labute approximate surface area is 191 Å². The smallest absolute Gasteiger partial charge is 0.310 e. The highest BCUT2D eigenvalue weighted by atomic mass is 16.5. The number of rotatable bonds is 20. The summed E-state index contributed by atoms with van der Waals surface area (Å²) in [6.45, 7) is 4.44. The number of benzene rings is 1. The molecule has 0 fully saturated rings. The van der Waals surface area contributed by atoms with E-state index in [2.05, 4.69) is 6.92 Å². The number of Topliss-reactive ketones (excluding diaryl/α,β-unsaturated/α-hetero) is 1. The van der Waals surface area contributed by atoms with Crippen LogP contribution in [0.5, 0.6) is 0 Å². The van der Waals surface area contributed by atoms with Crippen molar-refractivity contribution >= 4 is 11.8 Å². The van der Waals surface area contributed by atoms with Crippen LogP contribution in [0.3, 0.4) is 0 Å². The fraction of sp³-hybridized carbons (Fsp3) is 0.714. The normalized spacial score (nSPS) is 10.9. The van der Waals surface area contributed by atoms with Gasteiger partial charge in [0.25, 0.3) is 0 Å². The predicted molar refractivity (Wildman–Crippen MR) is 131 cm³/mol. The molecule has 1 rings (SSSR count). The van der Waals surface area contributed by atoms with Gasteiger partial charge in [0.2, 0.25) is 0 Å². The van der Waals surface area contributed by atoms with E-state index in [-0.39, 0.29) is 18.2 Å². The fourth-order valence-corrected chi connectivity index (χ4v) is 4.11. The summed E-state index contributed by atoms with van der Waals surface area (Å²) >= 11 is 0. The van der Waals surface area contributed by atoms with Crippen LogP contribution in [0, 0.1) is 0 Å². The first-order valence-corrected chi connectivity index (χ1v) is 13.0. The Kier molecular flexibility index (Phi) is 16.9. The molecule has 0 aliphatic carbocycles. The summed E-state index contributed by atoms with van der Waals surface area (Å²) in [5, 5.41) is 0. The highest BCUT2D eigenvalue weighted by Gasteiger charge is 2.13. The molecule has 0 amide bonds. The number of ketones is 1. The van der Waals surface area contributed by atoms with Crippen LogP contribution in [0.2, 0.25) is 0 Å². The SMILES string of the molecule is CCCCCCCCCCCCCCCCCC(=O)c1ccccc1CC(=O)OCC. The number of ether oxygens (including phenoxy) is 1. The first-order chi connectivity index (χ1) is 15.2. The van der Waals surface area contributed by atoms with Crippen LogP contribution in [0.25, 0.3) is 0 Å². The molecule has 0 aliphatic heterocycles. The standard InChI is InChI=1S/C28H46O3/c1-3-5-6-7-8-9-10-11-12-13-14-15-16-17-18-23-27(29)26-22-20-19-21-25(26)24-28(30)31-4-2/h19-22H,3-18,23-24H2,1-2H3. The summed E-state index contributed by atoms with van der Waals surface area (Å²) in [7, 11) is 0. The van der Waals surface area contributed by atoms with E-state index in [1.807, 2.05) is 24.3 Å². The maximum Gasteiger partial charge on any atom is 0.310 e. The molecule has 31 heavy (non-hydrogen) atoms. The molecule has 0 spiro atoms. The molecule has 0 saturated heterocycles. The largest absolute Gasteiger partial charge is 0.466 e. The van der Waals surface area contributed by atoms with Gasteiger partial charge in [0, 0.05) is 12.0 Å². The number of hydrogen-bond acceptors (Lipinski definition) is 3. The van der Waals surface area contributed by atoms with Crippen LogP contribution < -0.4 is 0 Å². The summed E-state index contributed by atoms with van der Waals surface area (Å²) in [5.41, 5.74) is 1.47. The lowest BCUT2D eigenvalue weighted by Crippen LogP contribution is -2.11. The topological polar surface area (TPSA) is 43.4 Å². The van der Waals surface area contributed by atoms with Crippen LogP contribution in [-0.4, -0.2) is 18.4 Å². The lowest BCUT2D eigenvalue weighted by Gasteiger charge is -2.08. The van der Waals surface area contributed by atoms with Crippen molar-refractivity contribution in [1.29, 1.82) is 0 Å². The highest BCUT2D eigenvalue weighted by molar-refractivity contribution is 5.98. The summed E-state index contributed by atoms with van der Waals surface area (Å²) in [4.78, 5) is 24.3. The molecule has 0 atom stereocenters. The molecule has 0 aromatic heterocycles. The van der Waals surface area contributed by atoms with Crippen LogP contribution in [0.1, 0.15) is 133 Å². The first kappa shape index (κ1) is 27.4. The van der Waals surface area contributed by atoms with Crippen LogP contribution >= 0.6 is 0 Å². The van der Waals surface area contributed by atoms with Crippen molar-refractivity contribution in [3.63, 3.8) is 0 Å². The number of esters is 1. The Morgan fingerprint density at radius 1 is 0.677 bits per heavy atom. The number of hydrogen-bond donors (Lipinski definition) is 0. The van der Waals surface area contributed by atoms with E-state index in [1.165, 1.54) is 83.5 Å². The molecule has 0 saturated carbocycles. The summed E-state index contributed by atoms with van der Waals surface area (Å²) in [6, 6.07) is 7.44. The molecule has 0 heterocycles. The van der Waals surface area contributed by atoms with Crippen molar-refractivity contribution in [3.05, 3.63) is 35.4 Å². The van der Waals surface area contributed by atoms with Gasteiger partial charge in [-0.1, -0.05) is 121 Å². The average Bonchev–Trinajstić information content (AvgIpc) is 2.76. The maximum atomic E-state index is 12.6. The minimum Gasteiger partial charge on any atom is -0.466 e. The number of unbranched alkanes of at least 4 members (excludes halogenated alkanes) is 14. The van der Waals surface area contributed by atoms with Crippen molar-refractivity contribution in [2.75, 3.05) is 6.61 Å². The molecular formula is C28H46O3. The van der Waals surface area contributed by atoms with Crippen molar-refractivity contribution in [3.8, 4) is 0 Å². The number of carbonyl (C=O) groups is 2. The molecule has 0 N–H and O–H groups in total. The van der Waals surface area contributed by atoms with Gasteiger partial charge in [0.05, 0.1) is 13.0 Å². The quantitative estimate of drug-likeness (QED) is 0.119. The third-order valence-corrected chi connectivity index (χ3v) is 5.97. The Balaban J connectivity index is 2.04. The zero-order chi connectivity index (χ0) is 22.6. The van der Waals surface area contributed by atoms with Gasteiger partial charge in [-0.25, -0.2) is 0 Å². The molecule has 1 aromatic carbocycles. The van der Waals surface area contributed by atoms with Crippen molar-refractivity contribution in [2.24, 2.45) is 0 Å². The van der Waals surface area contributed by atoms with E-state index in [9.17, 15) is 9.59 Å². The molecular weight excluding hydrogens is 384 g/mol. The van der Waals surface area contributed by atoms with Gasteiger partial charge >= 0.3 is 5.97 Å². The number of carbonyl (C=O) groups excluding carboxylic acids is 2. The third kappa shape index (κ3) is 14.1. The molecule has 0 radical (unpaired) electrons. The van der Waals surface area contributed by atoms with E-state index < -0.39 is 0 Å². The second-order valence-electron chi connectivity index (χ2n) is 8.76. The Morgan fingerprint density at radius 3 is 1.68 bits per heavy atom. The summed E-state index contributed by atoms with van der Waals surface area (Å²) < 4.78 is 5.02. The molecule has 0 bridgehead atoms. The van der Waals surface area contributed by atoms with Gasteiger partial charge < -0.3 is 4.74 Å². The van der Waals surface area contributed by atoms with Crippen LogP contribution in [-0.2, 0) is 16.0 Å². The van der Waals surface area contributed by atoms with E-state index in [0.29, 0.717) is 18.6 Å². The summed E-state index contributed by atoms with van der Waals surface area (Å²) in [5.74, 6) is -0.121. The van der Waals surface area contributed by atoms with Crippen molar-refractivity contribution < 1.29 is 14.3 Å². The van der Waals surface area contributed by atoms with Gasteiger partial charge in [-0.3, -0.25) is 9.59 Å². The van der Waals surface area contributed by atoms with Gasteiger partial charge in [-0.2, -0.15) is 0 Å². The third-order valence-electron chi connectivity index (χ3n) is 5.97. The molecule has 0 unspecified atom stereocenters. The first-order valence-electron chi connectivity index (χ1n) is 13.0. The van der Waals surface area contributed by atoms with Crippen molar-refractivity contribution in [1.82, 2.24) is 0 Å². The van der Waals surface area contributed by atoms with Crippen LogP contribution in [0.15, 0.2) is 24.3 Å². The van der Waals surface area contributed by atoms with Gasteiger partial charge in [-0.15, -0.1) is 0 Å². The minimum atomic E-state index is -0.269. The molecule has 176 valence electrons. The second-order valence-corrected chi connectivity index (χ2v) is 8.76. The Bertz CT molecular complexity index is 594. The van der Waals surface area contributed by atoms with Crippen molar-refractivity contribution in [2.45, 2.75) is 123 Å². The second kappa shape index (κ2) is 19.1. The van der Waals surface area contributed by atoms with Gasteiger partial charge in [-0.05, 0) is 18.9 Å². The Morgan fingerprint density at radius 2 is 1.16 bits per heavy atom. The lowest BCUT2D eigenvalue weighted by atomic mass is 9.97. The van der Waals surface area contributed by atoms with E-state index in [0.717, 1.165) is 18.4 Å². The molecule has 3 nitrogen and oxygen atoms in total. The monoisotopic (exact) mass is 430 g/mol. The zero-order valence-electron chi connectivity index (χ0n) is 20.3. The summed E-state index contributed by atoms with van der Waals surface area (Å²) in [6.07, 6.45) is 20.6. The fourth-order valence-electron chi connectivity index (χ4n) is 4.11. The zero-order valence-corrected chi connectivity index (χ0v) is 20.3. The highest BCUT2D eigenvalue weighted by Crippen LogP contribution is 2.17. The van der Waals surface area contributed by atoms with E-state index in [1.54, 1.807) is 6.92 Å².